The van der Waals surface area contributed by atoms with Crippen LogP contribution in [0.15, 0.2) is 18.2 Å². The summed E-state index contributed by atoms with van der Waals surface area (Å²) in [5.74, 6) is -0.314. The van der Waals surface area contributed by atoms with Gasteiger partial charge in [0.1, 0.15) is 5.60 Å². The van der Waals surface area contributed by atoms with Crippen molar-refractivity contribution < 1.29 is 14.3 Å². The summed E-state index contributed by atoms with van der Waals surface area (Å²) in [6.07, 6.45) is -0.525. The Morgan fingerprint density at radius 3 is 2.10 bits per heavy atom. The van der Waals surface area contributed by atoms with E-state index in [4.69, 9.17) is 27.9 Å². The molecule has 0 aliphatic rings. The average molecular weight is 333 g/mol. The van der Waals surface area contributed by atoms with Crippen LogP contribution in [-0.2, 0) is 4.74 Å². The standard InChI is InChI=1S/C14H18Cl2N2O3/c1-14(2,3)21-13(20)18-5-4-17-12(19)9-6-10(15)8-11(16)7-9/h6-8H,4-5H2,1-3H3,(H,17,19)(H,18,20). The molecule has 0 aromatic heterocycles. The topological polar surface area (TPSA) is 67.4 Å². The summed E-state index contributed by atoms with van der Waals surface area (Å²) in [6, 6.07) is 4.58. The molecule has 0 spiro atoms. The molecule has 0 bridgehead atoms. The summed E-state index contributed by atoms with van der Waals surface area (Å²) in [5.41, 5.74) is -0.185. The third-order valence-corrected chi connectivity index (χ3v) is 2.64. The van der Waals surface area contributed by atoms with E-state index in [0.717, 1.165) is 0 Å². The second kappa shape index (κ2) is 7.52. The van der Waals surface area contributed by atoms with Gasteiger partial charge in [0.2, 0.25) is 0 Å². The molecule has 21 heavy (non-hydrogen) atoms. The summed E-state index contributed by atoms with van der Waals surface area (Å²) in [6.45, 7) is 5.85. The van der Waals surface area contributed by atoms with E-state index in [0.29, 0.717) is 15.6 Å². The molecule has 0 saturated heterocycles. The monoisotopic (exact) mass is 332 g/mol. The van der Waals surface area contributed by atoms with Crippen LogP contribution in [0.5, 0.6) is 0 Å². The van der Waals surface area contributed by atoms with Gasteiger partial charge < -0.3 is 15.4 Å². The summed E-state index contributed by atoms with van der Waals surface area (Å²) < 4.78 is 5.06. The highest BCUT2D eigenvalue weighted by Crippen LogP contribution is 2.18. The highest BCUT2D eigenvalue weighted by atomic mass is 35.5. The van der Waals surface area contributed by atoms with Gasteiger partial charge in [-0.05, 0) is 39.0 Å². The van der Waals surface area contributed by atoms with E-state index < -0.39 is 11.7 Å². The van der Waals surface area contributed by atoms with Crippen LogP contribution < -0.4 is 10.6 Å². The number of alkyl carbamates (subject to hydrolysis) is 1. The van der Waals surface area contributed by atoms with Crippen LogP contribution in [0.25, 0.3) is 0 Å². The summed E-state index contributed by atoms with van der Waals surface area (Å²) >= 11 is 11.6. The minimum Gasteiger partial charge on any atom is -0.444 e. The number of amides is 2. The van der Waals surface area contributed by atoms with Crippen LogP contribution in [-0.4, -0.2) is 30.7 Å². The summed E-state index contributed by atoms with van der Waals surface area (Å²) in [5, 5.41) is 5.96. The molecule has 5 nitrogen and oxygen atoms in total. The van der Waals surface area contributed by atoms with E-state index in [1.165, 1.54) is 12.1 Å². The number of carbonyl (C=O) groups excluding carboxylic acids is 2. The molecule has 0 unspecified atom stereocenters. The Morgan fingerprint density at radius 2 is 1.57 bits per heavy atom. The van der Waals surface area contributed by atoms with Crippen LogP contribution in [0.4, 0.5) is 4.79 Å². The molecule has 0 aliphatic carbocycles. The zero-order valence-corrected chi connectivity index (χ0v) is 13.6. The Kier molecular flexibility index (Phi) is 6.30. The zero-order valence-electron chi connectivity index (χ0n) is 12.1. The number of halogens is 2. The fraction of sp³-hybridized carbons (Fsp3) is 0.429. The van der Waals surface area contributed by atoms with Gasteiger partial charge in [0.05, 0.1) is 0 Å². The Balaban J connectivity index is 2.36. The molecule has 116 valence electrons. The fourth-order valence-electron chi connectivity index (χ4n) is 1.44. The van der Waals surface area contributed by atoms with Crippen molar-refractivity contribution >= 4 is 35.2 Å². The second-order valence-electron chi connectivity index (χ2n) is 5.34. The van der Waals surface area contributed by atoms with Crippen LogP contribution in [0.3, 0.4) is 0 Å². The lowest BCUT2D eigenvalue weighted by atomic mass is 10.2. The molecule has 2 amide bonds. The molecule has 0 aliphatic heterocycles. The molecule has 0 heterocycles. The zero-order chi connectivity index (χ0) is 16.0. The Bertz CT molecular complexity index is 507. The minimum atomic E-state index is -0.551. The number of ether oxygens (including phenoxy) is 1. The van der Waals surface area contributed by atoms with Gasteiger partial charge in [0.25, 0.3) is 5.91 Å². The maximum atomic E-state index is 11.9. The van der Waals surface area contributed by atoms with Crippen molar-refractivity contribution in [1.29, 1.82) is 0 Å². The van der Waals surface area contributed by atoms with Crippen molar-refractivity contribution in [2.45, 2.75) is 26.4 Å². The van der Waals surface area contributed by atoms with Crippen molar-refractivity contribution in [3.05, 3.63) is 33.8 Å². The number of hydrogen-bond donors (Lipinski definition) is 2. The third kappa shape index (κ3) is 7.20. The largest absolute Gasteiger partial charge is 0.444 e. The number of nitrogens with one attached hydrogen (secondary N) is 2. The Labute approximate surface area is 133 Å². The van der Waals surface area contributed by atoms with Gasteiger partial charge in [-0.15, -0.1) is 0 Å². The van der Waals surface area contributed by atoms with E-state index in [9.17, 15) is 9.59 Å². The number of hydrogen-bond acceptors (Lipinski definition) is 3. The quantitative estimate of drug-likeness (QED) is 0.831. The number of rotatable bonds is 4. The highest BCUT2D eigenvalue weighted by Gasteiger charge is 2.15. The molecule has 1 rings (SSSR count). The Hall–Kier alpha value is -1.46. The molecular formula is C14H18Cl2N2O3. The van der Waals surface area contributed by atoms with Crippen molar-refractivity contribution in [1.82, 2.24) is 10.6 Å². The first-order chi connectivity index (χ1) is 9.67. The lowest BCUT2D eigenvalue weighted by molar-refractivity contribution is 0.0526. The predicted molar refractivity (Wildman–Crippen MR) is 83.0 cm³/mol. The highest BCUT2D eigenvalue weighted by molar-refractivity contribution is 6.35. The molecule has 2 N–H and O–H groups in total. The lowest BCUT2D eigenvalue weighted by Crippen LogP contribution is -2.37. The van der Waals surface area contributed by atoms with Gasteiger partial charge >= 0.3 is 6.09 Å². The molecule has 1 aromatic carbocycles. The number of benzene rings is 1. The maximum absolute atomic E-state index is 11.9. The molecule has 0 radical (unpaired) electrons. The minimum absolute atomic E-state index is 0.259. The summed E-state index contributed by atoms with van der Waals surface area (Å²) in [4.78, 5) is 23.2. The first kappa shape index (κ1) is 17.6. The van der Waals surface area contributed by atoms with Crippen LogP contribution in [0.1, 0.15) is 31.1 Å². The smallest absolute Gasteiger partial charge is 0.407 e. The molecule has 7 heteroatoms. The first-order valence-electron chi connectivity index (χ1n) is 6.38. The first-order valence-corrected chi connectivity index (χ1v) is 7.14. The van der Waals surface area contributed by atoms with E-state index in [1.807, 2.05) is 0 Å². The summed E-state index contributed by atoms with van der Waals surface area (Å²) in [7, 11) is 0. The van der Waals surface area contributed by atoms with Crippen molar-refractivity contribution in [3.63, 3.8) is 0 Å². The van der Waals surface area contributed by atoms with Crippen molar-refractivity contribution in [3.8, 4) is 0 Å². The third-order valence-electron chi connectivity index (χ3n) is 2.20. The van der Waals surface area contributed by atoms with E-state index >= 15 is 0 Å². The predicted octanol–water partition coefficient (Wildman–Crippen LogP) is 3.25. The van der Waals surface area contributed by atoms with Gasteiger partial charge in [-0.3, -0.25) is 4.79 Å². The van der Waals surface area contributed by atoms with Gasteiger partial charge in [0.15, 0.2) is 0 Å². The molecule has 0 fully saturated rings. The van der Waals surface area contributed by atoms with Gasteiger partial charge in [-0.1, -0.05) is 23.2 Å². The Morgan fingerprint density at radius 1 is 1.05 bits per heavy atom. The molecule has 0 atom stereocenters. The van der Waals surface area contributed by atoms with E-state index in [1.54, 1.807) is 26.8 Å². The van der Waals surface area contributed by atoms with Crippen LogP contribution in [0, 0.1) is 0 Å². The number of carbonyl (C=O) groups is 2. The average Bonchev–Trinajstić information content (AvgIpc) is 2.31. The van der Waals surface area contributed by atoms with E-state index in [2.05, 4.69) is 10.6 Å². The van der Waals surface area contributed by atoms with Gasteiger partial charge in [-0.2, -0.15) is 0 Å². The van der Waals surface area contributed by atoms with Crippen molar-refractivity contribution in [2.24, 2.45) is 0 Å². The lowest BCUT2D eigenvalue weighted by Gasteiger charge is -2.19. The van der Waals surface area contributed by atoms with Crippen molar-refractivity contribution in [2.75, 3.05) is 13.1 Å². The molecule has 1 aromatic rings. The van der Waals surface area contributed by atoms with Gasteiger partial charge in [0, 0.05) is 28.7 Å². The SMILES string of the molecule is CC(C)(C)OC(=O)NCCNC(=O)c1cc(Cl)cc(Cl)c1. The van der Waals surface area contributed by atoms with E-state index in [-0.39, 0.29) is 19.0 Å². The second-order valence-corrected chi connectivity index (χ2v) is 6.22. The van der Waals surface area contributed by atoms with Crippen LogP contribution in [0.2, 0.25) is 10.0 Å². The molecule has 0 saturated carbocycles. The van der Waals surface area contributed by atoms with Crippen LogP contribution >= 0.6 is 23.2 Å². The normalized spacial score (nSPS) is 10.9. The molecular weight excluding hydrogens is 315 g/mol. The van der Waals surface area contributed by atoms with Gasteiger partial charge in [-0.25, -0.2) is 4.79 Å². The maximum Gasteiger partial charge on any atom is 0.407 e. The fourth-order valence-corrected chi connectivity index (χ4v) is 1.97.